The van der Waals surface area contributed by atoms with Crippen LogP contribution in [0.4, 0.5) is 5.69 Å². The fraction of sp³-hybridized carbons (Fsp3) is 0.250. The maximum atomic E-state index is 9.21. The van der Waals surface area contributed by atoms with Crippen molar-refractivity contribution in [3.8, 4) is 17.8 Å². The van der Waals surface area contributed by atoms with Gasteiger partial charge in [0, 0.05) is 5.69 Å². The molecular weight excluding hydrogens is 280 g/mol. The maximum Gasteiger partial charge on any atom is 0.236 e. The van der Waals surface area contributed by atoms with E-state index in [-0.39, 0.29) is 11.8 Å². The summed E-state index contributed by atoms with van der Waals surface area (Å²) in [6.07, 6.45) is 1.51. The molecule has 0 saturated heterocycles. The summed E-state index contributed by atoms with van der Waals surface area (Å²) in [5.74, 6) is 1.03. The van der Waals surface area contributed by atoms with Gasteiger partial charge in [0.15, 0.2) is 0 Å². The van der Waals surface area contributed by atoms with Gasteiger partial charge in [0.25, 0.3) is 0 Å². The number of para-hydroxylation sites is 1. The van der Waals surface area contributed by atoms with E-state index in [1.54, 1.807) is 10.7 Å². The molecule has 0 aliphatic rings. The van der Waals surface area contributed by atoms with E-state index in [4.69, 9.17) is 9.47 Å². The number of nitriles is 1. The van der Waals surface area contributed by atoms with Gasteiger partial charge in [-0.15, -0.1) is 5.10 Å². The monoisotopic (exact) mass is 298 g/mol. The lowest BCUT2D eigenvalue weighted by molar-refractivity contribution is 0.356. The summed E-state index contributed by atoms with van der Waals surface area (Å²) in [6.45, 7) is 3.94. The Morgan fingerprint density at radius 1 is 1.36 bits per heavy atom. The molecule has 1 aromatic carbocycles. The molecular formula is C16H18N4O2. The zero-order valence-corrected chi connectivity index (χ0v) is 12.8. The fourth-order valence-corrected chi connectivity index (χ4v) is 1.78. The van der Waals surface area contributed by atoms with Crippen LogP contribution in [0.3, 0.4) is 0 Å². The summed E-state index contributed by atoms with van der Waals surface area (Å²) < 4.78 is 12.4. The Balaban J connectivity index is 2.16. The molecule has 2 aromatic rings. The van der Waals surface area contributed by atoms with Crippen LogP contribution in [0, 0.1) is 11.3 Å². The Hall–Kier alpha value is -2.94. The number of hydrogen-bond donors (Lipinski definition) is 1. The first-order valence-electron chi connectivity index (χ1n) is 6.87. The Labute approximate surface area is 129 Å². The zero-order valence-electron chi connectivity index (χ0n) is 12.8. The molecule has 114 valence electrons. The number of anilines is 1. The number of benzene rings is 1. The third kappa shape index (κ3) is 3.79. The summed E-state index contributed by atoms with van der Waals surface area (Å²) in [6, 6.07) is 13.3. The molecule has 0 aliphatic carbocycles. The Morgan fingerprint density at radius 2 is 2.09 bits per heavy atom. The molecule has 6 nitrogen and oxygen atoms in total. The van der Waals surface area contributed by atoms with Crippen molar-refractivity contribution < 1.29 is 9.47 Å². The number of rotatable bonds is 6. The molecule has 2 rings (SSSR count). The van der Waals surface area contributed by atoms with Crippen LogP contribution in [0.5, 0.6) is 11.8 Å². The van der Waals surface area contributed by atoms with Crippen LogP contribution in [0.25, 0.3) is 0 Å². The number of allylic oxidation sites excluding steroid dienone is 1. The van der Waals surface area contributed by atoms with E-state index >= 15 is 0 Å². The molecule has 1 N–H and O–H groups in total. The standard InChI is InChI=1S/C16H18N4O2/c1-12(2)20-16(9-15(19-20)21-3)22-14(10-17)11-18-13-7-5-4-6-8-13/h4-9,11-12,18H,1-3H3/b14-11+. The molecule has 0 fully saturated rings. The highest BCUT2D eigenvalue weighted by Crippen LogP contribution is 2.24. The molecule has 0 aliphatic heterocycles. The van der Waals surface area contributed by atoms with E-state index in [1.807, 2.05) is 50.2 Å². The molecule has 1 aromatic heterocycles. The second-order valence-corrected chi connectivity index (χ2v) is 4.80. The first kappa shape index (κ1) is 15.4. The highest BCUT2D eigenvalue weighted by Gasteiger charge is 2.14. The summed E-state index contributed by atoms with van der Waals surface area (Å²) in [7, 11) is 1.54. The Morgan fingerprint density at radius 3 is 2.68 bits per heavy atom. The second kappa shape index (κ2) is 7.18. The van der Waals surface area contributed by atoms with Crippen molar-refractivity contribution in [2.75, 3.05) is 12.4 Å². The number of aromatic nitrogens is 2. The topological polar surface area (TPSA) is 72.1 Å². The highest BCUT2D eigenvalue weighted by molar-refractivity contribution is 5.46. The van der Waals surface area contributed by atoms with Gasteiger partial charge in [-0.1, -0.05) is 18.2 Å². The van der Waals surface area contributed by atoms with Gasteiger partial charge in [-0.05, 0) is 26.0 Å². The first-order valence-corrected chi connectivity index (χ1v) is 6.87. The molecule has 0 atom stereocenters. The highest BCUT2D eigenvalue weighted by atomic mass is 16.5. The first-order chi connectivity index (χ1) is 10.6. The minimum Gasteiger partial charge on any atom is -0.480 e. The van der Waals surface area contributed by atoms with Gasteiger partial charge in [0.2, 0.25) is 17.5 Å². The zero-order chi connectivity index (χ0) is 15.9. The average molecular weight is 298 g/mol. The quantitative estimate of drug-likeness (QED) is 0.654. The predicted octanol–water partition coefficient (Wildman–Crippen LogP) is 3.33. The summed E-state index contributed by atoms with van der Waals surface area (Å²) in [4.78, 5) is 0. The van der Waals surface area contributed by atoms with Gasteiger partial charge in [0.05, 0.1) is 25.4 Å². The van der Waals surface area contributed by atoms with Crippen LogP contribution in [-0.2, 0) is 0 Å². The molecule has 0 saturated carbocycles. The van der Waals surface area contributed by atoms with Crippen LogP contribution in [0.15, 0.2) is 48.4 Å². The molecule has 0 amide bonds. The van der Waals surface area contributed by atoms with Crippen LogP contribution < -0.4 is 14.8 Å². The molecule has 0 bridgehead atoms. The number of nitrogens with one attached hydrogen (secondary N) is 1. The van der Waals surface area contributed by atoms with Crippen molar-refractivity contribution in [3.63, 3.8) is 0 Å². The van der Waals surface area contributed by atoms with E-state index in [0.29, 0.717) is 11.8 Å². The molecule has 22 heavy (non-hydrogen) atoms. The van der Waals surface area contributed by atoms with Gasteiger partial charge in [0.1, 0.15) is 6.07 Å². The molecule has 1 heterocycles. The number of hydrogen-bond acceptors (Lipinski definition) is 5. The van der Waals surface area contributed by atoms with Crippen LogP contribution in [0.2, 0.25) is 0 Å². The molecule has 0 radical (unpaired) electrons. The van der Waals surface area contributed by atoms with E-state index < -0.39 is 0 Å². The number of ether oxygens (including phenoxy) is 2. The maximum absolute atomic E-state index is 9.21. The van der Waals surface area contributed by atoms with Crippen molar-refractivity contribution in [2.24, 2.45) is 0 Å². The molecule has 6 heteroatoms. The Bertz CT molecular complexity index is 684. The number of nitrogens with zero attached hydrogens (tertiary/aromatic N) is 3. The van der Waals surface area contributed by atoms with Crippen LogP contribution in [-0.4, -0.2) is 16.9 Å². The lowest BCUT2D eigenvalue weighted by atomic mass is 10.3. The summed E-state index contributed by atoms with van der Waals surface area (Å²) in [5.41, 5.74) is 0.869. The van der Waals surface area contributed by atoms with E-state index in [1.165, 1.54) is 13.3 Å². The lowest BCUT2D eigenvalue weighted by Crippen LogP contribution is -2.07. The van der Waals surface area contributed by atoms with Gasteiger partial charge >= 0.3 is 0 Å². The third-order valence-corrected chi connectivity index (χ3v) is 2.85. The lowest BCUT2D eigenvalue weighted by Gasteiger charge is -2.10. The van der Waals surface area contributed by atoms with E-state index in [2.05, 4.69) is 10.4 Å². The minimum absolute atomic E-state index is 0.0842. The SMILES string of the molecule is COc1cc(O/C(C#N)=C/Nc2ccccc2)n(C(C)C)n1. The van der Waals surface area contributed by atoms with Crippen molar-refractivity contribution in [3.05, 3.63) is 48.4 Å². The van der Waals surface area contributed by atoms with Crippen LogP contribution in [0.1, 0.15) is 19.9 Å². The normalized spacial score (nSPS) is 11.1. The predicted molar refractivity (Wildman–Crippen MR) is 83.6 cm³/mol. The van der Waals surface area contributed by atoms with Crippen LogP contribution >= 0.6 is 0 Å². The van der Waals surface area contributed by atoms with Crippen molar-refractivity contribution in [1.82, 2.24) is 9.78 Å². The van der Waals surface area contributed by atoms with Gasteiger partial charge in [-0.25, -0.2) is 4.68 Å². The largest absolute Gasteiger partial charge is 0.480 e. The van der Waals surface area contributed by atoms with Crippen molar-refractivity contribution >= 4 is 5.69 Å². The van der Waals surface area contributed by atoms with Gasteiger partial charge < -0.3 is 14.8 Å². The third-order valence-electron chi connectivity index (χ3n) is 2.85. The minimum atomic E-state index is 0.0842. The van der Waals surface area contributed by atoms with Crippen molar-refractivity contribution in [1.29, 1.82) is 5.26 Å². The number of methoxy groups -OCH3 is 1. The van der Waals surface area contributed by atoms with Crippen molar-refractivity contribution in [2.45, 2.75) is 19.9 Å². The van der Waals surface area contributed by atoms with E-state index in [9.17, 15) is 5.26 Å². The molecule has 0 unspecified atom stereocenters. The van der Waals surface area contributed by atoms with E-state index in [0.717, 1.165) is 5.69 Å². The second-order valence-electron chi connectivity index (χ2n) is 4.80. The average Bonchev–Trinajstić information content (AvgIpc) is 2.95. The summed E-state index contributed by atoms with van der Waals surface area (Å²) >= 11 is 0. The Kier molecular flexibility index (Phi) is 5.04. The van der Waals surface area contributed by atoms with Gasteiger partial charge in [-0.3, -0.25) is 0 Å². The fourth-order valence-electron chi connectivity index (χ4n) is 1.78. The molecule has 0 spiro atoms. The summed E-state index contributed by atoms with van der Waals surface area (Å²) in [5, 5.41) is 16.5. The van der Waals surface area contributed by atoms with Gasteiger partial charge in [-0.2, -0.15) is 5.26 Å². The smallest absolute Gasteiger partial charge is 0.236 e.